The van der Waals surface area contributed by atoms with Gasteiger partial charge in [-0.05, 0) is 43.2 Å². The van der Waals surface area contributed by atoms with E-state index in [0.717, 1.165) is 21.3 Å². The summed E-state index contributed by atoms with van der Waals surface area (Å²) in [6.45, 7) is 4.61. The van der Waals surface area contributed by atoms with Crippen LogP contribution < -0.4 is 9.62 Å². The van der Waals surface area contributed by atoms with Crippen molar-refractivity contribution in [2.75, 3.05) is 17.4 Å². The number of hydrogen-bond donors (Lipinski definition) is 1. The minimum Gasteiger partial charge on any atom is -0.354 e. The number of nitro benzene ring substituents is 1. The van der Waals surface area contributed by atoms with Crippen LogP contribution in [0.4, 0.5) is 15.8 Å². The van der Waals surface area contributed by atoms with Gasteiger partial charge in [0.15, 0.2) is 0 Å². The van der Waals surface area contributed by atoms with Crippen LogP contribution in [-0.2, 0) is 26.2 Å². The molecule has 0 aliphatic carbocycles. The van der Waals surface area contributed by atoms with Gasteiger partial charge in [-0.25, -0.2) is 12.8 Å². The first-order chi connectivity index (χ1) is 18.9. The van der Waals surface area contributed by atoms with Gasteiger partial charge in [0.2, 0.25) is 11.8 Å². The van der Waals surface area contributed by atoms with E-state index in [1.54, 1.807) is 12.1 Å². The normalized spacial score (nSPS) is 12.0. The minimum absolute atomic E-state index is 0.00515. The first-order valence-electron chi connectivity index (χ1n) is 12.5. The molecule has 0 bridgehead atoms. The average Bonchev–Trinajstić information content (AvgIpc) is 2.94. The molecule has 0 fully saturated rings. The fraction of sp³-hybridized carbons (Fsp3) is 0.286. The van der Waals surface area contributed by atoms with Crippen LogP contribution in [0.2, 0.25) is 0 Å². The number of nitro groups is 1. The van der Waals surface area contributed by atoms with E-state index in [1.807, 2.05) is 13.8 Å². The molecule has 2 amide bonds. The summed E-state index contributed by atoms with van der Waals surface area (Å²) in [7, 11) is -4.32. The molecule has 3 aromatic carbocycles. The number of carbonyl (C=O) groups excluding carboxylic acids is 2. The minimum atomic E-state index is -4.32. The molecule has 0 spiro atoms. The van der Waals surface area contributed by atoms with Crippen molar-refractivity contribution in [1.82, 2.24) is 10.2 Å². The molecule has 0 radical (unpaired) electrons. The van der Waals surface area contributed by atoms with Gasteiger partial charge >= 0.3 is 0 Å². The van der Waals surface area contributed by atoms with E-state index >= 15 is 0 Å². The molecule has 0 heterocycles. The zero-order chi connectivity index (χ0) is 29.4. The lowest BCUT2D eigenvalue weighted by Crippen LogP contribution is -2.51. The average molecular weight is 571 g/mol. The molecule has 1 unspecified atom stereocenters. The number of carbonyl (C=O) groups is 2. The van der Waals surface area contributed by atoms with E-state index < -0.39 is 45.2 Å². The molecule has 0 saturated carbocycles. The SMILES string of the molecule is CC(C)CNC(=O)C(C)N(Cc1ccccc1F)C(=O)CN(c1ccc([N+](=O)[O-])cc1)S(=O)(=O)c1ccccc1. The number of nitrogens with one attached hydrogen (secondary N) is 1. The van der Waals surface area contributed by atoms with Gasteiger partial charge in [-0.15, -0.1) is 0 Å². The molecule has 10 nitrogen and oxygen atoms in total. The van der Waals surface area contributed by atoms with Gasteiger partial charge in [0.05, 0.1) is 15.5 Å². The van der Waals surface area contributed by atoms with Crippen LogP contribution in [0.25, 0.3) is 0 Å². The van der Waals surface area contributed by atoms with Gasteiger partial charge in [0.25, 0.3) is 15.7 Å². The molecule has 0 aliphatic rings. The van der Waals surface area contributed by atoms with Crippen LogP contribution in [0.1, 0.15) is 26.3 Å². The van der Waals surface area contributed by atoms with E-state index in [1.165, 1.54) is 61.5 Å². The van der Waals surface area contributed by atoms with Crippen molar-refractivity contribution >= 4 is 33.2 Å². The Morgan fingerprint density at radius 3 is 2.12 bits per heavy atom. The third-order valence-corrected chi connectivity index (χ3v) is 7.90. The van der Waals surface area contributed by atoms with E-state index in [4.69, 9.17) is 0 Å². The van der Waals surface area contributed by atoms with Gasteiger partial charge in [0, 0.05) is 30.8 Å². The molecule has 0 aliphatic heterocycles. The second-order valence-corrected chi connectivity index (χ2v) is 11.4. The molecule has 40 heavy (non-hydrogen) atoms. The number of non-ortho nitro benzene ring substituents is 1. The molecule has 3 rings (SSSR count). The Morgan fingerprint density at radius 1 is 0.950 bits per heavy atom. The first-order valence-corrected chi connectivity index (χ1v) is 14.0. The van der Waals surface area contributed by atoms with E-state index in [-0.39, 0.29) is 34.3 Å². The third-order valence-electron chi connectivity index (χ3n) is 6.11. The van der Waals surface area contributed by atoms with Crippen LogP contribution in [0.5, 0.6) is 0 Å². The van der Waals surface area contributed by atoms with E-state index in [0.29, 0.717) is 6.54 Å². The molecule has 12 heteroatoms. The van der Waals surface area contributed by atoms with Crippen LogP contribution in [0, 0.1) is 21.8 Å². The quantitative estimate of drug-likeness (QED) is 0.258. The highest BCUT2D eigenvalue weighted by atomic mass is 32.2. The predicted molar refractivity (Wildman–Crippen MR) is 148 cm³/mol. The van der Waals surface area contributed by atoms with Crippen molar-refractivity contribution in [3.63, 3.8) is 0 Å². The Labute approximate surface area is 232 Å². The number of anilines is 1. The zero-order valence-electron chi connectivity index (χ0n) is 22.4. The summed E-state index contributed by atoms with van der Waals surface area (Å²) in [6.07, 6.45) is 0. The lowest BCUT2D eigenvalue weighted by Gasteiger charge is -2.32. The van der Waals surface area contributed by atoms with E-state index in [9.17, 15) is 32.5 Å². The van der Waals surface area contributed by atoms with Crippen molar-refractivity contribution in [1.29, 1.82) is 0 Å². The maximum absolute atomic E-state index is 14.6. The Balaban J connectivity index is 2.03. The van der Waals surface area contributed by atoms with Gasteiger partial charge < -0.3 is 10.2 Å². The standard InChI is InChI=1S/C28H31FN4O6S/c1-20(2)17-30-28(35)21(3)31(18-22-9-7-8-12-26(22)29)27(34)19-32(23-13-15-24(16-14-23)33(36)37)40(38,39)25-10-5-4-6-11-25/h4-16,20-21H,17-19H2,1-3H3,(H,30,35). The molecule has 1 N–H and O–H groups in total. The third kappa shape index (κ3) is 7.41. The number of sulfonamides is 1. The largest absolute Gasteiger partial charge is 0.354 e. The van der Waals surface area contributed by atoms with Crippen molar-refractivity contribution in [3.8, 4) is 0 Å². The highest BCUT2D eigenvalue weighted by molar-refractivity contribution is 7.92. The molecular formula is C28H31FN4O6S. The monoisotopic (exact) mass is 570 g/mol. The first kappa shape index (κ1) is 30.2. The summed E-state index contributed by atoms with van der Waals surface area (Å²) in [6, 6.07) is 16.8. The summed E-state index contributed by atoms with van der Waals surface area (Å²) >= 11 is 0. The fourth-order valence-electron chi connectivity index (χ4n) is 3.83. The van der Waals surface area contributed by atoms with Crippen LogP contribution in [-0.4, -0.2) is 49.2 Å². The van der Waals surface area contributed by atoms with E-state index in [2.05, 4.69) is 5.32 Å². The number of rotatable bonds is 12. The van der Waals surface area contributed by atoms with Crippen molar-refractivity contribution in [3.05, 3.63) is 100 Å². The van der Waals surface area contributed by atoms with Gasteiger partial charge in [-0.2, -0.15) is 0 Å². The van der Waals surface area contributed by atoms with Crippen LogP contribution >= 0.6 is 0 Å². The molecule has 1 atom stereocenters. The van der Waals surface area contributed by atoms with Gasteiger partial charge in [0.1, 0.15) is 18.4 Å². The lowest BCUT2D eigenvalue weighted by atomic mass is 10.1. The summed E-state index contributed by atoms with van der Waals surface area (Å²) in [4.78, 5) is 38.3. The zero-order valence-corrected chi connectivity index (χ0v) is 23.2. The van der Waals surface area contributed by atoms with Crippen LogP contribution in [0.3, 0.4) is 0 Å². The summed E-state index contributed by atoms with van der Waals surface area (Å²) in [5, 5.41) is 13.9. The van der Waals surface area contributed by atoms with Gasteiger partial charge in [-0.3, -0.25) is 24.0 Å². The summed E-state index contributed by atoms with van der Waals surface area (Å²) in [5.41, 5.74) is -0.110. The number of halogens is 1. The molecular weight excluding hydrogens is 539 g/mol. The smallest absolute Gasteiger partial charge is 0.269 e. The molecule has 0 aromatic heterocycles. The highest BCUT2D eigenvalue weighted by Gasteiger charge is 2.33. The van der Waals surface area contributed by atoms with Crippen molar-refractivity contribution < 1.29 is 27.3 Å². The molecule has 3 aromatic rings. The maximum atomic E-state index is 14.6. The Kier molecular flexibility index (Phi) is 9.94. The number of hydrogen-bond acceptors (Lipinski definition) is 6. The Bertz CT molecular complexity index is 1450. The van der Waals surface area contributed by atoms with Crippen LogP contribution in [0.15, 0.2) is 83.8 Å². The number of nitrogens with zero attached hydrogens (tertiary/aromatic N) is 3. The lowest BCUT2D eigenvalue weighted by molar-refractivity contribution is -0.384. The summed E-state index contributed by atoms with van der Waals surface area (Å²) in [5.74, 6) is -1.70. The van der Waals surface area contributed by atoms with Crippen molar-refractivity contribution in [2.24, 2.45) is 5.92 Å². The van der Waals surface area contributed by atoms with Crippen molar-refractivity contribution in [2.45, 2.75) is 38.3 Å². The summed E-state index contributed by atoms with van der Waals surface area (Å²) < 4.78 is 42.8. The molecule has 212 valence electrons. The second kappa shape index (κ2) is 13.2. The Hall–Kier alpha value is -4.32. The fourth-order valence-corrected chi connectivity index (χ4v) is 5.27. The predicted octanol–water partition coefficient (Wildman–Crippen LogP) is 4.12. The molecule has 0 saturated heterocycles. The number of benzene rings is 3. The number of amides is 2. The topological polar surface area (TPSA) is 130 Å². The highest BCUT2D eigenvalue weighted by Crippen LogP contribution is 2.26. The second-order valence-electron chi connectivity index (χ2n) is 9.53. The van der Waals surface area contributed by atoms with Gasteiger partial charge in [-0.1, -0.05) is 50.2 Å². The maximum Gasteiger partial charge on any atom is 0.269 e. The Morgan fingerprint density at radius 2 is 1.55 bits per heavy atom.